The van der Waals surface area contributed by atoms with Gasteiger partial charge in [0, 0.05) is 30.3 Å². The van der Waals surface area contributed by atoms with Crippen LogP contribution < -0.4 is 5.69 Å². The maximum Gasteiger partial charge on any atom is 0.350 e. The number of alkyl halides is 2. The topological polar surface area (TPSA) is 52.2 Å². The average molecular weight is 350 g/mol. The monoisotopic (exact) mass is 350 g/mol. The fraction of sp³-hybridized carbons (Fsp3) is 0.438. The van der Waals surface area contributed by atoms with E-state index in [9.17, 15) is 13.6 Å². The van der Waals surface area contributed by atoms with Crippen LogP contribution in [0.15, 0.2) is 34.6 Å². The molecule has 1 saturated carbocycles. The van der Waals surface area contributed by atoms with Gasteiger partial charge in [0.1, 0.15) is 5.01 Å². The van der Waals surface area contributed by atoms with Crippen molar-refractivity contribution in [1.82, 2.24) is 19.2 Å². The van der Waals surface area contributed by atoms with Gasteiger partial charge in [0.25, 0.3) is 0 Å². The normalized spacial score (nSPS) is 18.2. The summed E-state index contributed by atoms with van der Waals surface area (Å²) >= 11 is 1.45. The molecule has 0 aromatic carbocycles. The van der Waals surface area contributed by atoms with Gasteiger partial charge in [0.15, 0.2) is 5.65 Å². The molecule has 4 rings (SSSR count). The van der Waals surface area contributed by atoms with Gasteiger partial charge in [-0.25, -0.2) is 23.2 Å². The van der Waals surface area contributed by atoms with Gasteiger partial charge in [0.2, 0.25) is 5.92 Å². The van der Waals surface area contributed by atoms with E-state index in [0.717, 1.165) is 10.7 Å². The van der Waals surface area contributed by atoms with E-state index in [-0.39, 0.29) is 24.4 Å². The summed E-state index contributed by atoms with van der Waals surface area (Å²) in [6.07, 6.45) is 2.46. The van der Waals surface area contributed by atoms with Crippen LogP contribution >= 0.6 is 11.3 Å². The molecule has 0 radical (unpaired) electrons. The van der Waals surface area contributed by atoms with Gasteiger partial charge in [-0.15, -0.1) is 16.4 Å². The number of hydrogen-bond donors (Lipinski definition) is 0. The zero-order valence-corrected chi connectivity index (χ0v) is 13.7. The smallest absolute Gasteiger partial charge is 0.250 e. The third-order valence-electron chi connectivity index (χ3n) is 4.48. The van der Waals surface area contributed by atoms with Gasteiger partial charge < -0.3 is 0 Å². The Bertz CT molecular complexity index is 919. The first-order chi connectivity index (χ1) is 11.5. The number of thiazole rings is 1. The number of fused-ring (bicyclic) bond motifs is 1. The van der Waals surface area contributed by atoms with Crippen molar-refractivity contribution in [3.8, 4) is 0 Å². The van der Waals surface area contributed by atoms with Gasteiger partial charge in [-0.05, 0) is 25.0 Å². The van der Waals surface area contributed by atoms with E-state index < -0.39 is 5.92 Å². The van der Waals surface area contributed by atoms with Crippen molar-refractivity contribution in [1.29, 1.82) is 0 Å². The summed E-state index contributed by atoms with van der Waals surface area (Å²) in [4.78, 5) is 16.8. The predicted molar refractivity (Wildman–Crippen MR) is 86.8 cm³/mol. The zero-order chi connectivity index (χ0) is 16.7. The Kier molecular flexibility index (Phi) is 3.71. The van der Waals surface area contributed by atoms with Crippen LogP contribution in [0.1, 0.15) is 42.3 Å². The van der Waals surface area contributed by atoms with Crippen molar-refractivity contribution in [3.05, 3.63) is 51.0 Å². The van der Waals surface area contributed by atoms with Crippen LogP contribution in [0, 0.1) is 0 Å². The van der Waals surface area contributed by atoms with Crippen LogP contribution in [-0.2, 0) is 6.54 Å². The summed E-state index contributed by atoms with van der Waals surface area (Å²) < 4.78 is 29.4. The summed E-state index contributed by atoms with van der Waals surface area (Å²) in [6.45, 7) is 0.300. The molecular weight excluding hydrogens is 334 g/mol. The van der Waals surface area contributed by atoms with Crippen LogP contribution in [0.5, 0.6) is 0 Å². The van der Waals surface area contributed by atoms with Crippen LogP contribution in [0.4, 0.5) is 8.78 Å². The van der Waals surface area contributed by atoms with Crippen LogP contribution in [0.2, 0.25) is 0 Å². The predicted octanol–water partition coefficient (Wildman–Crippen LogP) is 3.29. The molecule has 1 aliphatic rings. The highest BCUT2D eigenvalue weighted by molar-refractivity contribution is 7.09. The van der Waals surface area contributed by atoms with Crippen molar-refractivity contribution in [3.63, 3.8) is 0 Å². The molecule has 0 unspecified atom stereocenters. The molecule has 0 aliphatic heterocycles. The first-order valence-corrected chi connectivity index (χ1v) is 8.76. The Morgan fingerprint density at radius 2 is 2.08 bits per heavy atom. The van der Waals surface area contributed by atoms with E-state index in [1.807, 2.05) is 11.4 Å². The molecule has 126 valence electrons. The molecule has 0 bridgehead atoms. The molecule has 0 spiro atoms. The van der Waals surface area contributed by atoms with Crippen LogP contribution in [0.25, 0.3) is 5.65 Å². The molecule has 1 aliphatic carbocycles. The molecular formula is C16H16F2N4OS. The zero-order valence-electron chi connectivity index (χ0n) is 12.9. The van der Waals surface area contributed by atoms with E-state index in [1.54, 1.807) is 18.3 Å². The van der Waals surface area contributed by atoms with Crippen molar-refractivity contribution >= 4 is 17.0 Å². The third-order valence-corrected chi connectivity index (χ3v) is 5.33. The SMILES string of the molecule is O=c1n(Cc2nc(C3CCC(F)(F)CC3)cs2)nc2ccccn12. The molecule has 0 saturated heterocycles. The van der Waals surface area contributed by atoms with E-state index in [1.165, 1.54) is 20.4 Å². The van der Waals surface area contributed by atoms with Gasteiger partial charge in [-0.2, -0.15) is 0 Å². The van der Waals surface area contributed by atoms with Gasteiger partial charge >= 0.3 is 5.69 Å². The Labute approximate surface area is 140 Å². The summed E-state index contributed by atoms with van der Waals surface area (Å²) in [5.74, 6) is -2.44. The molecule has 8 heteroatoms. The second-order valence-electron chi connectivity index (χ2n) is 6.17. The minimum absolute atomic E-state index is 0.0730. The highest BCUT2D eigenvalue weighted by Gasteiger charge is 2.36. The molecule has 0 amide bonds. The minimum atomic E-state index is -2.53. The molecule has 3 aromatic rings. The number of hydrogen-bond acceptors (Lipinski definition) is 4. The largest absolute Gasteiger partial charge is 0.350 e. The van der Waals surface area contributed by atoms with Crippen molar-refractivity contribution in [2.45, 2.75) is 44.1 Å². The Morgan fingerprint density at radius 3 is 2.83 bits per heavy atom. The summed E-state index contributed by atoms with van der Waals surface area (Å²) in [5, 5.41) is 6.98. The molecule has 3 aromatic heterocycles. The standard InChI is InChI=1S/C16H16F2N4OS/c17-16(18)6-4-11(5-7-16)12-10-24-14(19-12)9-22-15(23)21-8-2-1-3-13(21)20-22/h1-3,8,10-11H,4-7,9H2. The highest BCUT2D eigenvalue weighted by atomic mass is 32.1. The number of nitrogens with zero attached hydrogens (tertiary/aromatic N) is 4. The summed E-state index contributed by atoms with van der Waals surface area (Å²) in [5.41, 5.74) is 1.25. The Morgan fingerprint density at radius 1 is 1.29 bits per heavy atom. The van der Waals surface area contributed by atoms with Crippen LogP contribution in [0.3, 0.4) is 0 Å². The van der Waals surface area contributed by atoms with Gasteiger partial charge in [0.05, 0.1) is 12.2 Å². The lowest BCUT2D eigenvalue weighted by Crippen LogP contribution is -2.24. The van der Waals surface area contributed by atoms with E-state index in [2.05, 4.69) is 10.1 Å². The summed E-state index contributed by atoms with van der Waals surface area (Å²) in [6, 6.07) is 5.38. The number of pyridine rings is 1. The summed E-state index contributed by atoms with van der Waals surface area (Å²) in [7, 11) is 0. The Balaban J connectivity index is 1.53. The molecule has 24 heavy (non-hydrogen) atoms. The van der Waals surface area contributed by atoms with E-state index in [0.29, 0.717) is 25.0 Å². The lowest BCUT2D eigenvalue weighted by Gasteiger charge is -2.27. The van der Waals surface area contributed by atoms with Crippen LogP contribution in [-0.4, -0.2) is 25.1 Å². The van der Waals surface area contributed by atoms with Gasteiger partial charge in [-0.3, -0.25) is 4.40 Å². The second-order valence-corrected chi connectivity index (χ2v) is 7.11. The minimum Gasteiger partial charge on any atom is -0.250 e. The molecule has 3 heterocycles. The first kappa shape index (κ1) is 15.4. The van der Waals surface area contributed by atoms with Crippen molar-refractivity contribution in [2.24, 2.45) is 0 Å². The van der Waals surface area contributed by atoms with E-state index in [4.69, 9.17) is 0 Å². The Hall–Kier alpha value is -2.09. The van der Waals surface area contributed by atoms with Crippen molar-refractivity contribution < 1.29 is 8.78 Å². The molecule has 0 N–H and O–H groups in total. The molecule has 0 atom stereocenters. The number of aromatic nitrogens is 4. The number of rotatable bonds is 3. The maximum atomic E-state index is 13.3. The first-order valence-electron chi connectivity index (χ1n) is 7.88. The third kappa shape index (κ3) is 2.86. The number of halogens is 2. The highest BCUT2D eigenvalue weighted by Crippen LogP contribution is 2.40. The lowest BCUT2D eigenvalue weighted by atomic mass is 9.85. The second kappa shape index (κ2) is 5.77. The average Bonchev–Trinajstić information content (AvgIpc) is 3.14. The van der Waals surface area contributed by atoms with Gasteiger partial charge in [-0.1, -0.05) is 6.07 Å². The fourth-order valence-corrected chi connectivity index (χ4v) is 3.98. The maximum absolute atomic E-state index is 13.3. The lowest BCUT2D eigenvalue weighted by molar-refractivity contribution is -0.0384. The van der Waals surface area contributed by atoms with E-state index >= 15 is 0 Å². The molecule has 5 nitrogen and oxygen atoms in total. The quantitative estimate of drug-likeness (QED) is 0.728. The fourth-order valence-electron chi connectivity index (χ4n) is 3.12. The molecule has 1 fully saturated rings. The van der Waals surface area contributed by atoms with Crippen molar-refractivity contribution in [2.75, 3.05) is 0 Å².